The van der Waals surface area contributed by atoms with Crippen LogP contribution < -0.4 is 10.6 Å². The molecule has 20 heavy (non-hydrogen) atoms. The van der Waals surface area contributed by atoms with Crippen molar-refractivity contribution < 1.29 is 4.79 Å². The average Bonchev–Trinajstić information content (AvgIpc) is 2.41. The van der Waals surface area contributed by atoms with Crippen LogP contribution in [0.3, 0.4) is 0 Å². The van der Waals surface area contributed by atoms with E-state index < -0.39 is 0 Å². The lowest BCUT2D eigenvalue weighted by Crippen LogP contribution is -2.23. The Bertz CT molecular complexity index is 624. The van der Waals surface area contributed by atoms with Crippen LogP contribution >= 0.6 is 23.2 Å². The van der Waals surface area contributed by atoms with Gasteiger partial charge in [0.15, 0.2) is 0 Å². The lowest BCUT2D eigenvalue weighted by Gasteiger charge is -2.04. The molecule has 3 nitrogen and oxygen atoms in total. The van der Waals surface area contributed by atoms with Gasteiger partial charge in [0.2, 0.25) is 0 Å². The molecule has 2 amide bonds. The molecular weight excluding hydrogens is 295 g/mol. The maximum absolute atomic E-state index is 11.6. The summed E-state index contributed by atoms with van der Waals surface area (Å²) < 4.78 is 0. The van der Waals surface area contributed by atoms with E-state index in [0.29, 0.717) is 15.7 Å². The van der Waals surface area contributed by atoms with Crippen LogP contribution in [0, 0.1) is 0 Å². The average molecular weight is 307 g/mol. The number of amides is 2. The predicted molar refractivity (Wildman–Crippen MR) is 84.1 cm³/mol. The SMILES string of the molecule is O=C(N/C=C/c1cccc(Cl)c1)Nc1ccc(Cl)cc1. The van der Waals surface area contributed by atoms with Crippen molar-refractivity contribution in [2.75, 3.05) is 5.32 Å². The summed E-state index contributed by atoms with van der Waals surface area (Å²) in [6, 6.07) is 13.9. The van der Waals surface area contributed by atoms with E-state index in [0.717, 1.165) is 5.56 Å². The molecule has 0 unspecified atom stereocenters. The molecule has 0 bridgehead atoms. The van der Waals surface area contributed by atoms with E-state index in [2.05, 4.69) is 10.6 Å². The fraction of sp³-hybridized carbons (Fsp3) is 0. The molecule has 5 heteroatoms. The Morgan fingerprint density at radius 3 is 2.45 bits per heavy atom. The van der Waals surface area contributed by atoms with Crippen molar-refractivity contribution in [1.29, 1.82) is 0 Å². The normalized spacial score (nSPS) is 10.5. The van der Waals surface area contributed by atoms with Gasteiger partial charge in [0, 0.05) is 21.9 Å². The quantitative estimate of drug-likeness (QED) is 0.841. The lowest BCUT2D eigenvalue weighted by molar-refractivity contribution is 0.255. The maximum Gasteiger partial charge on any atom is 0.323 e. The van der Waals surface area contributed by atoms with Crippen molar-refractivity contribution >= 4 is 41.0 Å². The summed E-state index contributed by atoms with van der Waals surface area (Å²) >= 11 is 11.6. The number of urea groups is 1. The molecule has 0 atom stereocenters. The highest BCUT2D eigenvalue weighted by molar-refractivity contribution is 6.31. The van der Waals surface area contributed by atoms with Crippen molar-refractivity contribution in [3.63, 3.8) is 0 Å². The summed E-state index contributed by atoms with van der Waals surface area (Å²) in [7, 11) is 0. The smallest absolute Gasteiger partial charge is 0.314 e. The number of benzene rings is 2. The Labute approximate surface area is 127 Å². The van der Waals surface area contributed by atoms with Crippen molar-refractivity contribution in [2.24, 2.45) is 0 Å². The molecule has 0 fully saturated rings. The minimum absolute atomic E-state index is 0.328. The molecule has 2 rings (SSSR count). The zero-order chi connectivity index (χ0) is 14.4. The third kappa shape index (κ3) is 4.61. The molecule has 2 aromatic carbocycles. The zero-order valence-electron chi connectivity index (χ0n) is 10.4. The van der Waals surface area contributed by atoms with Gasteiger partial charge >= 0.3 is 6.03 Å². The first-order chi connectivity index (χ1) is 9.63. The molecule has 0 radical (unpaired) electrons. The summed E-state index contributed by atoms with van der Waals surface area (Å²) in [4.78, 5) is 11.6. The van der Waals surface area contributed by atoms with Gasteiger partial charge < -0.3 is 10.6 Å². The van der Waals surface area contributed by atoms with E-state index in [4.69, 9.17) is 23.2 Å². The summed E-state index contributed by atoms with van der Waals surface area (Å²) in [5.74, 6) is 0. The first-order valence-electron chi connectivity index (χ1n) is 5.89. The molecule has 0 saturated carbocycles. The highest BCUT2D eigenvalue weighted by atomic mass is 35.5. The van der Waals surface area contributed by atoms with Gasteiger partial charge in [-0.3, -0.25) is 0 Å². The van der Waals surface area contributed by atoms with E-state index in [9.17, 15) is 4.79 Å². The number of halogens is 2. The van der Waals surface area contributed by atoms with E-state index in [-0.39, 0.29) is 6.03 Å². The monoisotopic (exact) mass is 306 g/mol. The molecule has 0 heterocycles. The van der Waals surface area contributed by atoms with Gasteiger partial charge in [-0.15, -0.1) is 0 Å². The molecule has 0 aliphatic carbocycles. The third-order valence-electron chi connectivity index (χ3n) is 2.44. The number of carbonyl (C=O) groups excluding carboxylic acids is 1. The molecule has 0 spiro atoms. The van der Waals surface area contributed by atoms with Gasteiger partial charge in [-0.05, 0) is 48.0 Å². The maximum atomic E-state index is 11.6. The zero-order valence-corrected chi connectivity index (χ0v) is 11.9. The summed E-state index contributed by atoms with van der Waals surface area (Å²) in [5, 5.41) is 6.56. The second-order valence-corrected chi connectivity index (χ2v) is 4.87. The van der Waals surface area contributed by atoms with Crippen LogP contribution in [0.25, 0.3) is 6.08 Å². The van der Waals surface area contributed by atoms with Gasteiger partial charge in [0.25, 0.3) is 0 Å². The minimum Gasteiger partial charge on any atom is -0.314 e. The van der Waals surface area contributed by atoms with Gasteiger partial charge in [0.1, 0.15) is 0 Å². The number of carbonyl (C=O) groups is 1. The van der Waals surface area contributed by atoms with Crippen LogP contribution in [-0.2, 0) is 0 Å². The van der Waals surface area contributed by atoms with Crippen LogP contribution in [0.2, 0.25) is 10.0 Å². The summed E-state index contributed by atoms with van der Waals surface area (Å²) in [6.45, 7) is 0. The summed E-state index contributed by atoms with van der Waals surface area (Å²) in [5.41, 5.74) is 1.58. The number of nitrogens with one attached hydrogen (secondary N) is 2. The number of hydrogen-bond acceptors (Lipinski definition) is 1. The lowest BCUT2D eigenvalue weighted by atomic mass is 10.2. The second-order valence-electron chi connectivity index (χ2n) is 3.99. The Morgan fingerprint density at radius 1 is 1.00 bits per heavy atom. The predicted octanol–water partition coefficient (Wildman–Crippen LogP) is 4.79. The minimum atomic E-state index is -0.328. The first-order valence-corrected chi connectivity index (χ1v) is 6.64. The van der Waals surface area contributed by atoms with Crippen LogP contribution in [0.1, 0.15) is 5.56 Å². The van der Waals surface area contributed by atoms with Gasteiger partial charge in [-0.1, -0.05) is 35.3 Å². The number of rotatable bonds is 3. The molecule has 0 saturated heterocycles. The third-order valence-corrected chi connectivity index (χ3v) is 2.93. The van der Waals surface area contributed by atoms with Crippen LogP contribution in [0.5, 0.6) is 0 Å². The molecule has 102 valence electrons. The van der Waals surface area contributed by atoms with Crippen molar-refractivity contribution in [2.45, 2.75) is 0 Å². The second kappa shape index (κ2) is 6.98. The molecule has 0 aliphatic rings. The summed E-state index contributed by atoms with van der Waals surface area (Å²) in [6.07, 6.45) is 3.31. The fourth-order valence-corrected chi connectivity index (χ4v) is 1.85. The van der Waals surface area contributed by atoms with E-state index in [1.165, 1.54) is 0 Å². The Morgan fingerprint density at radius 2 is 1.75 bits per heavy atom. The van der Waals surface area contributed by atoms with Gasteiger partial charge in [-0.2, -0.15) is 0 Å². The fourth-order valence-electron chi connectivity index (χ4n) is 1.52. The highest BCUT2D eigenvalue weighted by Crippen LogP contribution is 2.13. The first kappa shape index (κ1) is 14.4. The van der Waals surface area contributed by atoms with Crippen molar-refractivity contribution in [1.82, 2.24) is 5.32 Å². The number of hydrogen-bond donors (Lipinski definition) is 2. The van der Waals surface area contributed by atoms with Gasteiger partial charge in [-0.25, -0.2) is 4.79 Å². The number of anilines is 1. The largest absolute Gasteiger partial charge is 0.323 e. The highest BCUT2D eigenvalue weighted by Gasteiger charge is 1.98. The van der Waals surface area contributed by atoms with Crippen LogP contribution in [0.15, 0.2) is 54.7 Å². The van der Waals surface area contributed by atoms with E-state index in [1.807, 2.05) is 12.1 Å². The van der Waals surface area contributed by atoms with Crippen LogP contribution in [-0.4, -0.2) is 6.03 Å². The van der Waals surface area contributed by atoms with Crippen molar-refractivity contribution in [3.05, 3.63) is 70.3 Å². The topological polar surface area (TPSA) is 41.1 Å². The van der Waals surface area contributed by atoms with Crippen LogP contribution in [0.4, 0.5) is 10.5 Å². The van der Waals surface area contributed by atoms with E-state index >= 15 is 0 Å². The molecule has 0 aromatic heterocycles. The molecule has 0 aliphatic heterocycles. The van der Waals surface area contributed by atoms with E-state index in [1.54, 1.807) is 48.7 Å². The molecule has 2 aromatic rings. The van der Waals surface area contributed by atoms with Gasteiger partial charge in [0.05, 0.1) is 0 Å². The molecule has 2 N–H and O–H groups in total. The Hall–Kier alpha value is -1.97. The van der Waals surface area contributed by atoms with Crippen molar-refractivity contribution in [3.8, 4) is 0 Å². The Balaban J connectivity index is 1.87. The standard InChI is InChI=1S/C15H12Cl2N2O/c16-12-4-6-14(7-5-12)19-15(20)18-9-8-11-2-1-3-13(17)10-11/h1-10H,(H2,18,19,20)/b9-8+. The molecular formula is C15H12Cl2N2O. The Kier molecular flexibility index (Phi) is 5.04.